The lowest BCUT2D eigenvalue weighted by molar-refractivity contribution is 0.601. The van der Waals surface area contributed by atoms with Crippen LogP contribution in [0, 0.1) is 20.8 Å². The standard InChI is InChI=1S/C19H23N3O2S2/c1-5-10-20-19(25)21-16-6-8-17(9-7-16)26(23,24)22-18-14(3)11-13(2)12-15(18)4/h5-9,11-12,22H,1,10H2,2-4H3,(H2,20,21,25). The smallest absolute Gasteiger partial charge is 0.261 e. The summed E-state index contributed by atoms with van der Waals surface area (Å²) < 4.78 is 28.1. The van der Waals surface area contributed by atoms with E-state index >= 15 is 0 Å². The fourth-order valence-corrected chi connectivity index (χ4v) is 4.00. The maximum absolute atomic E-state index is 12.7. The van der Waals surface area contributed by atoms with Gasteiger partial charge >= 0.3 is 0 Å². The molecule has 0 radical (unpaired) electrons. The monoisotopic (exact) mass is 389 g/mol. The number of rotatable bonds is 6. The van der Waals surface area contributed by atoms with Gasteiger partial charge in [0.05, 0.1) is 10.6 Å². The molecule has 0 aliphatic carbocycles. The highest BCUT2D eigenvalue weighted by atomic mass is 32.2. The van der Waals surface area contributed by atoms with Gasteiger partial charge in [0.2, 0.25) is 0 Å². The topological polar surface area (TPSA) is 70.2 Å². The van der Waals surface area contributed by atoms with E-state index in [4.69, 9.17) is 12.2 Å². The van der Waals surface area contributed by atoms with E-state index in [9.17, 15) is 8.42 Å². The van der Waals surface area contributed by atoms with Gasteiger partial charge in [-0.1, -0.05) is 23.8 Å². The second-order valence-corrected chi connectivity index (χ2v) is 8.12. The van der Waals surface area contributed by atoms with E-state index < -0.39 is 10.0 Å². The number of hydrogen-bond acceptors (Lipinski definition) is 3. The average molecular weight is 390 g/mol. The Bertz CT molecular complexity index is 897. The minimum absolute atomic E-state index is 0.187. The molecular weight excluding hydrogens is 366 g/mol. The molecule has 2 aromatic rings. The van der Waals surface area contributed by atoms with Crippen molar-refractivity contribution in [3.63, 3.8) is 0 Å². The third-order valence-corrected chi connectivity index (χ3v) is 5.35. The lowest BCUT2D eigenvalue weighted by Crippen LogP contribution is -2.28. The van der Waals surface area contributed by atoms with Gasteiger partial charge in [0, 0.05) is 12.2 Å². The van der Waals surface area contributed by atoms with Gasteiger partial charge in [-0.05, 0) is 68.4 Å². The van der Waals surface area contributed by atoms with Gasteiger partial charge in [-0.25, -0.2) is 8.42 Å². The molecule has 0 spiro atoms. The minimum Gasteiger partial charge on any atom is -0.359 e. The fraction of sp³-hybridized carbons (Fsp3) is 0.211. The zero-order valence-corrected chi connectivity index (χ0v) is 16.7. The van der Waals surface area contributed by atoms with Gasteiger partial charge in [-0.2, -0.15) is 0 Å². The molecule has 138 valence electrons. The van der Waals surface area contributed by atoms with Gasteiger partial charge < -0.3 is 10.6 Å². The van der Waals surface area contributed by atoms with E-state index in [2.05, 4.69) is 21.9 Å². The second-order valence-electron chi connectivity index (χ2n) is 6.03. The van der Waals surface area contributed by atoms with Gasteiger partial charge in [0.15, 0.2) is 5.11 Å². The Morgan fingerprint density at radius 2 is 1.69 bits per heavy atom. The van der Waals surface area contributed by atoms with Crippen molar-refractivity contribution in [1.29, 1.82) is 0 Å². The van der Waals surface area contributed by atoms with Crippen molar-refractivity contribution >= 4 is 38.7 Å². The molecule has 7 heteroatoms. The molecule has 0 aromatic heterocycles. The van der Waals surface area contributed by atoms with Crippen molar-refractivity contribution in [2.45, 2.75) is 25.7 Å². The summed E-state index contributed by atoms with van der Waals surface area (Å²) in [5.74, 6) is 0. The molecule has 5 nitrogen and oxygen atoms in total. The Hall–Kier alpha value is -2.38. The van der Waals surface area contributed by atoms with Gasteiger partial charge in [0.1, 0.15) is 0 Å². The Morgan fingerprint density at radius 1 is 1.12 bits per heavy atom. The first-order valence-electron chi connectivity index (χ1n) is 8.09. The van der Waals surface area contributed by atoms with Crippen LogP contribution in [0.2, 0.25) is 0 Å². The SMILES string of the molecule is C=CCNC(=S)Nc1ccc(S(=O)(=O)Nc2c(C)cc(C)cc2C)cc1. The number of anilines is 2. The van der Waals surface area contributed by atoms with Crippen LogP contribution in [0.3, 0.4) is 0 Å². The molecule has 26 heavy (non-hydrogen) atoms. The zero-order valence-electron chi connectivity index (χ0n) is 15.1. The van der Waals surface area contributed by atoms with Crippen LogP contribution in [0.4, 0.5) is 11.4 Å². The summed E-state index contributed by atoms with van der Waals surface area (Å²) >= 11 is 5.13. The first kappa shape index (κ1) is 19.9. The summed E-state index contributed by atoms with van der Waals surface area (Å²) in [5, 5.41) is 6.38. The molecule has 0 fully saturated rings. The molecule has 2 aromatic carbocycles. The summed E-state index contributed by atoms with van der Waals surface area (Å²) in [6.07, 6.45) is 1.70. The van der Waals surface area contributed by atoms with Crippen molar-refractivity contribution in [1.82, 2.24) is 5.32 Å². The molecule has 0 saturated heterocycles. The summed E-state index contributed by atoms with van der Waals surface area (Å²) in [4.78, 5) is 0.187. The maximum atomic E-state index is 12.7. The average Bonchev–Trinajstić information content (AvgIpc) is 2.57. The van der Waals surface area contributed by atoms with Gasteiger partial charge in [-0.15, -0.1) is 6.58 Å². The van der Waals surface area contributed by atoms with Gasteiger partial charge in [0.25, 0.3) is 10.0 Å². The zero-order chi connectivity index (χ0) is 19.3. The molecular formula is C19H23N3O2S2. The van der Waals surface area contributed by atoms with E-state index in [1.165, 1.54) is 0 Å². The Kier molecular flexibility index (Phi) is 6.39. The van der Waals surface area contributed by atoms with Crippen molar-refractivity contribution < 1.29 is 8.42 Å². The molecule has 0 aliphatic heterocycles. The summed E-state index contributed by atoms with van der Waals surface area (Å²) in [6.45, 7) is 9.93. The molecule has 0 atom stereocenters. The second kappa shape index (κ2) is 8.33. The maximum Gasteiger partial charge on any atom is 0.261 e. The highest BCUT2D eigenvalue weighted by Crippen LogP contribution is 2.25. The Labute approximate surface area is 160 Å². The number of benzene rings is 2. The molecule has 2 rings (SSSR count). The van der Waals surface area contributed by atoms with Gasteiger partial charge in [-0.3, -0.25) is 4.72 Å². The summed E-state index contributed by atoms with van der Waals surface area (Å²) in [7, 11) is -3.67. The van der Waals surface area contributed by atoms with Crippen LogP contribution in [0.5, 0.6) is 0 Å². The lowest BCUT2D eigenvalue weighted by Gasteiger charge is -2.15. The summed E-state index contributed by atoms with van der Waals surface area (Å²) in [6, 6.07) is 10.3. The Balaban J connectivity index is 2.17. The number of sulfonamides is 1. The summed E-state index contributed by atoms with van der Waals surface area (Å²) in [5.41, 5.74) is 4.20. The van der Waals surface area contributed by atoms with Crippen LogP contribution >= 0.6 is 12.2 Å². The van der Waals surface area contributed by atoms with Crippen molar-refractivity contribution in [2.24, 2.45) is 0 Å². The van der Waals surface area contributed by atoms with E-state index in [0.717, 1.165) is 16.7 Å². The molecule has 0 amide bonds. The predicted octanol–water partition coefficient (Wildman–Crippen LogP) is 3.89. The molecule has 0 unspecified atom stereocenters. The largest absolute Gasteiger partial charge is 0.359 e. The van der Waals surface area contributed by atoms with Crippen LogP contribution in [-0.4, -0.2) is 20.1 Å². The van der Waals surface area contributed by atoms with Crippen LogP contribution in [0.25, 0.3) is 0 Å². The van der Waals surface area contributed by atoms with Crippen molar-refractivity contribution in [2.75, 3.05) is 16.6 Å². The van der Waals surface area contributed by atoms with Crippen molar-refractivity contribution in [3.8, 4) is 0 Å². The number of hydrogen-bond donors (Lipinski definition) is 3. The Morgan fingerprint density at radius 3 is 2.23 bits per heavy atom. The van der Waals surface area contributed by atoms with Crippen molar-refractivity contribution in [3.05, 3.63) is 65.7 Å². The number of nitrogens with one attached hydrogen (secondary N) is 3. The number of aryl methyl sites for hydroxylation is 3. The highest BCUT2D eigenvalue weighted by molar-refractivity contribution is 7.92. The minimum atomic E-state index is -3.67. The van der Waals surface area contributed by atoms with E-state index in [0.29, 0.717) is 23.0 Å². The van der Waals surface area contributed by atoms with E-state index in [1.807, 2.05) is 32.9 Å². The first-order valence-corrected chi connectivity index (χ1v) is 9.98. The molecule has 0 heterocycles. The van der Waals surface area contributed by atoms with E-state index in [1.54, 1.807) is 30.3 Å². The molecule has 3 N–H and O–H groups in total. The van der Waals surface area contributed by atoms with E-state index in [-0.39, 0.29) is 4.90 Å². The first-order chi connectivity index (χ1) is 12.2. The highest BCUT2D eigenvalue weighted by Gasteiger charge is 2.17. The van der Waals surface area contributed by atoms with Crippen LogP contribution in [-0.2, 0) is 10.0 Å². The molecule has 0 saturated carbocycles. The normalized spacial score (nSPS) is 10.9. The van der Waals surface area contributed by atoms with Crippen LogP contribution in [0.1, 0.15) is 16.7 Å². The molecule has 0 bridgehead atoms. The molecule has 0 aliphatic rings. The van der Waals surface area contributed by atoms with Crippen LogP contribution in [0.15, 0.2) is 53.9 Å². The third kappa shape index (κ3) is 5.06. The predicted molar refractivity (Wildman–Crippen MR) is 112 cm³/mol. The quantitative estimate of drug-likeness (QED) is 0.517. The number of thiocarbonyl (C=S) groups is 1. The third-order valence-electron chi connectivity index (χ3n) is 3.74. The van der Waals surface area contributed by atoms with Crippen LogP contribution < -0.4 is 15.4 Å². The lowest BCUT2D eigenvalue weighted by atomic mass is 10.1. The fourth-order valence-electron chi connectivity index (χ4n) is 2.59.